The van der Waals surface area contributed by atoms with Crippen LogP contribution >= 0.6 is 0 Å². The first-order valence-electron chi connectivity index (χ1n) is 7.75. The van der Waals surface area contributed by atoms with Crippen LogP contribution in [-0.4, -0.2) is 24.5 Å². The Morgan fingerprint density at radius 3 is 1.92 bits per heavy atom. The second-order valence-corrected chi connectivity index (χ2v) is 5.47. The fourth-order valence-electron chi connectivity index (χ4n) is 1.89. The largest absolute Gasteiger partial charge is 0.457 e. The van der Waals surface area contributed by atoms with Crippen molar-refractivity contribution >= 4 is 17.7 Å². The highest BCUT2D eigenvalue weighted by Crippen LogP contribution is 2.17. The van der Waals surface area contributed by atoms with Gasteiger partial charge < -0.3 is 14.2 Å². The third kappa shape index (κ3) is 5.31. The number of Topliss-reactive ketones (excluding diaryl/α,β-unsaturated/α-hetero) is 1. The van der Waals surface area contributed by atoms with E-state index in [0.29, 0.717) is 22.6 Å². The average Bonchev–Trinajstić information content (AvgIpc) is 2.62. The summed E-state index contributed by atoms with van der Waals surface area (Å²) in [6, 6.07) is 12.5. The molecule has 0 atom stereocenters. The van der Waals surface area contributed by atoms with Crippen LogP contribution in [0.3, 0.4) is 0 Å². The summed E-state index contributed by atoms with van der Waals surface area (Å²) >= 11 is 0. The molecule has 0 spiro atoms. The Morgan fingerprint density at radius 1 is 0.846 bits per heavy atom. The molecule has 0 fully saturated rings. The van der Waals surface area contributed by atoms with Gasteiger partial charge in [0.05, 0.1) is 5.56 Å². The molecule has 0 unspecified atom stereocenters. The van der Waals surface area contributed by atoms with Gasteiger partial charge >= 0.3 is 11.9 Å². The minimum atomic E-state index is -0.541. The Bertz CT molecular complexity index is 818. The summed E-state index contributed by atoms with van der Waals surface area (Å²) in [6.45, 7) is 6.21. The van der Waals surface area contributed by atoms with E-state index in [4.69, 9.17) is 14.2 Å². The van der Waals surface area contributed by atoms with Crippen molar-refractivity contribution in [2.45, 2.75) is 13.8 Å². The summed E-state index contributed by atoms with van der Waals surface area (Å²) in [5.41, 5.74) is 1.15. The van der Waals surface area contributed by atoms with Gasteiger partial charge in [-0.25, -0.2) is 9.59 Å². The molecule has 6 heteroatoms. The number of carbonyl (C=O) groups excluding carboxylic acids is 3. The topological polar surface area (TPSA) is 78.9 Å². The maximum absolute atomic E-state index is 12.1. The molecule has 0 saturated heterocycles. The number of benzene rings is 2. The molecular weight excluding hydrogens is 336 g/mol. The monoisotopic (exact) mass is 354 g/mol. The molecule has 2 rings (SSSR count). The second-order valence-electron chi connectivity index (χ2n) is 5.47. The summed E-state index contributed by atoms with van der Waals surface area (Å²) in [7, 11) is 0. The van der Waals surface area contributed by atoms with Crippen molar-refractivity contribution in [3.8, 4) is 11.5 Å². The summed E-state index contributed by atoms with van der Waals surface area (Å²) in [4.78, 5) is 34.6. The molecule has 0 bridgehead atoms. The first-order valence-corrected chi connectivity index (χ1v) is 7.75. The molecule has 0 radical (unpaired) electrons. The van der Waals surface area contributed by atoms with E-state index in [1.807, 2.05) is 0 Å². The van der Waals surface area contributed by atoms with Gasteiger partial charge in [-0.05, 0) is 62.4 Å². The van der Waals surface area contributed by atoms with Gasteiger partial charge in [-0.2, -0.15) is 0 Å². The van der Waals surface area contributed by atoms with Gasteiger partial charge in [-0.15, -0.1) is 0 Å². The molecule has 2 aromatic carbocycles. The van der Waals surface area contributed by atoms with Crippen LogP contribution < -0.4 is 9.47 Å². The molecule has 0 aliphatic rings. The van der Waals surface area contributed by atoms with E-state index in [9.17, 15) is 14.4 Å². The smallest absolute Gasteiger partial charge is 0.343 e. The fourth-order valence-corrected chi connectivity index (χ4v) is 1.89. The predicted molar refractivity (Wildman–Crippen MR) is 94.2 cm³/mol. The molecule has 134 valence electrons. The van der Waals surface area contributed by atoms with E-state index in [2.05, 4.69) is 6.58 Å². The van der Waals surface area contributed by atoms with Crippen LogP contribution in [0.2, 0.25) is 0 Å². The quantitative estimate of drug-likeness (QED) is 0.249. The van der Waals surface area contributed by atoms with E-state index in [1.165, 1.54) is 26.0 Å². The molecule has 2 aromatic rings. The maximum atomic E-state index is 12.1. The Kier molecular flexibility index (Phi) is 6.27. The van der Waals surface area contributed by atoms with Crippen molar-refractivity contribution in [3.63, 3.8) is 0 Å². The van der Waals surface area contributed by atoms with E-state index in [-0.39, 0.29) is 18.1 Å². The zero-order chi connectivity index (χ0) is 19.1. The van der Waals surface area contributed by atoms with E-state index in [0.717, 1.165) is 0 Å². The van der Waals surface area contributed by atoms with Crippen molar-refractivity contribution in [3.05, 3.63) is 71.8 Å². The molecule has 0 aliphatic heterocycles. The van der Waals surface area contributed by atoms with E-state index < -0.39 is 11.9 Å². The first-order chi connectivity index (χ1) is 12.4. The second kappa shape index (κ2) is 8.62. The molecule has 0 aromatic heterocycles. The molecule has 0 N–H and O–H groups in total. The zero-order valence-electron chi connectivity index (χ0n) is 14.5. The SMILES string of the molecule is C=C(C)C(=O)OCOc1ccc(C(=O)Oc2ccc(C(C)=O)cc2)cc1. The number of hydrogen-bond donors (Lipinski definition) is 0. The normalized spacial score (nSPS) is 9.92. The van der Waals surface area contributed by atoms with Crippen molar-refractivity contribution in [1.29, 1.82) is 0 Å². The summed E-state index contributed by atoms with van der Waals surface area (Å²) < 4.78 is 15.3. The minimum absolute atomic E-state index is 0.0626. The van der Waals surface area contributed by atoms with E-state index >= 15 is 0 Å². The van der Waals surface area contributed by atoms with Crippen molar-refractivity contribution < 1.29 is 28.6 Å². The van der Waals surface area contributed by atoms with Gasteiger partial charge in [0.15, 0.2) is 5.78 Å². The van der Waals surface area contributed by atoms with Crippen LogP contribution in [0.25, 0.3) is 0 Å². The standard InChI is InChI=1S/C20H18O6/c1-13(2)19(22)25-12-24-17-8-6-16(7-9-17)20(23)26-18-10-4-15(5-11-18)14(3)21/h4-11H,1,12H2,2-3H3. The first kappa shape index (κ1) is 18.9. The summed E-state index contributed by atoms with van der Waals surface area (Å²) in [5, 5.41) is 0. The summed E-state index contributed by atoms with van der Waals surface area (Å²) in [5.74, 6) is -0.372. The third-order valence-electron chi connectivity index (χ3n) is 3.33. The lowest BCUT2D eigenvalue weighted by atomic mass is 10.1. The molecule has 0 heterocycles. The van der Waals surface area contributed by atoms with Gasteiger partial charge in [0.25, 0.3) is 0 Å². The molecule has 0 amide bonds. The molecule has 0 saturated carbocycles. The lowest BCUT2D eigenvalue weighted by molar-refractivity contribution is -0.145. The van der Waals surface area contributed by atoms with Crippen LogP contribution in [0, 0.1) is 0 Å². The fraction of sp³-hybridized carbons (Fsp3) is 0.150. The third-order valence-corrected chi connectivity index (χ3v) is 3.33. The molecular formula is C20H18O6. The maximum Gasteiger partial charge on any atom is 0.343 e. The highest BCUT2D eigenvalue weighted by Gasteiger charge is 2.10. The van der Waals surface area contributed by atoms with Gasteiger partial charge in [0.2, 0.25) is 6.79 Å². The zero-order valence-corrected chi connectivity index (χ0v) is 14.5. The summed E-state index contributed by atoms with van der Waals surface area (Å²) in [6.07, 6.45) is 0. The van der Waals surface area contributed by atoms with Crippen LogP contribution in [0.15, 0.2) is 60.7 Å². The van der Waals surface area contributed by atoms with Gasteiger partial charge in [-0.1, -0.05) is 6.58 Å². The van der Waals surface area contributed by atoms with E-state index in [1.54, 1.807) is 36.4 Å². The minimum Gasteiger partial charge on any atom is -0.457 e. The Morgan fingerprint density at radius 2 is 1.38 bits per heavy atom. The van der Waals surface area contributed by atoms with Crippen LogP contribution in [0.5, 0.6) is 11.5 Å². The number of hydrogen-bond acceptors (Lipinski definition) is 6. The number of carbonyl (C=O) groups is 3. The lowest BCUT2D eigenvalue weighted by Gasteiger charge is -2.08. The van der Waals surface area contributed by atoms with Gasteiger partial charge in [0.1, 0.15) is 11.5 Å². The molecule has 6 nitrogen and oxygen atoms in total. The van der Waals surface area contributed by atoms with Crippen molar-refractivity contribution in [2.75, 3.05) is 6.79 Å². The van der Waals surface area contributed by atoms with Crippen molar-refractivity contribution in [2.24, 2.45) is 0 Å². The Hall–Kier alpha value is -3.41. The Balaban J connectivity index is 1.90. The highest BCUT2D eigenvalue weighted by molar-refractivity contribution is 5.94. The highest BCUT2D eigenvalue weighted by atomic mass is 16.7. The van der Waals surface area contributed by atoms with Gasteiger partial charge in [-0.3, -0.25) is 4.79 Å². The van der Waals surface area contributed by atoms with Crippen molar-refractivity contribution in [1.82, 2.24) is 0 Å². The average molecular weight is 354 g/mol. The number of ketones is 1. The van der Waals surface area contributed by atoms with Gasteiger partial charge in [0, 0.05) is 11.1 Å². The molecule has 0 aliphatic carbocycles. The number of ether oxygens (including phenoxy) is 3. The van der Waals surface area contributed by atoms with Crippen LogP contribution in [-0.2, 0) is 9.53 Å². The Labute approximate surface area is 151 Å². The lowest BCUT2D eigenvalue weighted by Crippen LogP contribution is -2.11. The number of rotatable bonds is 7. The predicted octanol–water partition coefficient (Wildman–Crippen LogP) is 3.56. The van der Waals surface area contributed by atoms with Crippen LogP contribution in [0.1, 0.15) is 34.6 Å². The number of esters is 2. The van der Waals surface area contributed by atoms with Crippen LogP contribution in [0.4, 0.5) is 0 Å². The molecule has 26 heavy (non-hydrogen) atoms.